The molecule has 0 spiro atoms. The van der Waals surface area contributed by atoms with E-state index in [2.05, 4.69) is 10.1 Å². The molecule has 1 unspecified atom stereocenters. The molecule has 11 heteroatoms. The summed E-state index contributed by atoms with van der Waals surface area (Å²) in [6.45, 7) is 6.53. The third-order valence-corrected chi connectivity index (χ3v) is 5.44. The zero-order valence-electron chi connectivity index (χ0n) is 17.4. The van der Waals surface area contributed by atoms with Gasteiger partial charge < -0.3 is 15.0 Å². The number of carbonyl (C=O) groups is 2. The number of anilines is 1. The third kappa shape index (κ3) is 5.02. The van der Waals surface area contributed by atoms with Gasteiger partial charge in [0, 0.05) is 31.1 Å². The summed E-state index contributed by atoms with van der Waals surface area (Å²) in [7, 11) is 1.10. The number of methoxy groups -OCH3 is 1. The Hall–Kier alpha value is -3.24. The molecule has 0 aromatic heterocycles. The summed E-state index contributed by atoms with van der Waals surface area (Å²) in [6, 6.07) is 1.85. The summed E-state index contributed by atoms with van der Waals surface area (Å²) in [6.07, 6.45) is 0.872. The van der Waals surface area contributed by atoms with E-state index in [9.17, 15) is 29.8 Å². The van der Waals surface area contributed by atoms with Crippen molar-refractivity contribution in [1.82, 2.24) is 5.32 Å². The first-order chi connectivity index (χ1) is 14.1. The maximum Gasteiger partial charge on any atom is 0.340 e. The number of esters is 1. The highest BCUT2D eigenvalue weighted by atomic mass is 16.6. The van der Waals surface area contributed by atoms with Crippen LogP contribution in [-0.4, -0.2) is 48.0 Å². The summed E-state index contributed by atoms with van der Waals surface area (Å²) in [5.74, 6) is -0.926. The van der Waals surface area contributed by atoms with Crippen molar-refractivity contribution in [1.29, 1.82) is 0 Å². The number of rotatable bonds is 7. The molecule has 0 bridgehead atoms. The van der Waals surface area contributed by atoms with Gasteiger partial charge in [-0.1, -0.05) is 13.8 Å². The van der Waals surface area contributed by atoms with Crippen LogP contribution in [0.4, 0.5) is 17.1 Å². The van der Waals surface area contributed by atoms with E-state index in [1.807, 2.05) is 20.8 Å². The first-order valence-corrected chi connectivity index (χ1v) is 9.67. The minimum Gasteiger partial charge on any atom is -0.465 e. The molecule has 164 valence electrons. The number of nitrogens with one attached hydrogen (secondary N) is 1. The minimum atomic E-state index is -0.901. The number of piperidine rings is 1. The van der Waals surface area contributed by atoms with Gasteiger partial charge in [0.25, 0.3) is 11.4 Å². The predicted molar refractivity (Wildman–Crippen MR) is 108 cm³/mol. The van der Waals surface area contributed by atoms with Crippen molar-refractivity contribution in [3.8, 4) is 0 Å². The van der Waals surface area contributed by atoms with E-state index in [-0.39, 0.29) is 42.2 Å². The molecular weight excluding hydrogens is 396 g/mol. The molecule has 30 heavy (non-hydrogen) atoms. The van der Waals surface area contributed by atoms with Gasteiger partial charge in [0.05, 0.1) is 28.6 Å². The van der Waals surface area contributed by atoms with Gasteiger partial charge in [-0.3, -0.25) is 25.0 Å². The van der Waals surface area contributed by atoms with Crippen molar-refractivity contribution >= 4 is 28.9 Å². The van der Waals surface area contributed by atoms with Crippen LogP contribution in [0.25, 0.3) is 0 Å². The average Bonchev–Trinajstić information content (AvgIpc) is 2.71. The predicted octanol–water partition coefficient (Wildman–Crippen LogP) is 2.67. The molecule has 11 nitrogen and oxygen atoms in total. The number of nitrogens with zero attached hydrogens (tertiary/aromatic N) is 3. The lowest BCUT2D eigenvalue weighted by Gasteiger charge is -2.34. The Kier molecular flexibility index (Phi) is 7.30. The lowest BCUT2D eigenvalue weighted by Crippen LogP contribution is -2.44. The van der Waals surface area contributed by atoms with Gasteiger partial charge in [-0.25, -0.2) is 4.79 Å². The molecule has 0 aliphatic carbocycles. The summed E-state index contributed by atoms with van der Waals surface area (Å²) in [4.78, 5) is 47.5. The second-order valence-corrected chi connectivity index (χ2v) is 7.67. The third-order valence-electron chi connectivity index (χ3n) is 5.44. The number of ether oxygens (including phenoxy) is 1. The van der Waals surface area contributed by atoms with Crippen molar-refractivity contribution in [3.05, 3.63) is 37.9 Å². The second-order valence-electron chi connectivity index (χ2n) is 7.67. The van der Waals surface area contributed by atoms with Gasteiger partial charge in [-0.2, -0.15) is 0 Å². The van der Waals surface area contributed by atoms with Crippen LogP contribution in [0.1, 0.15) is 44.0 Å². The number of hydrogen-bond donors (Lipinski definition) is 1. The van der Waals surface area contributed by atoms with Crippen molar-refractivity contribution in [2.45, 2.75) is 39.7 Å². The molecular formula is C19H26N4O7. The molecule has 0 saturated carbocycles. The van der Waals surface area contributed by atoms with Crippen molar-refractivity contribution in [2.24, 2.45) is 11.8 Å². The van der Waals surface area contributed by atoms with Gasteiger partial charge >= 0.3 is 5.97 Å². The summed E-state index contributed by atoms with van der Waals surface area (Å²) in [5.41, 5.74) is -1.37. The van der Waals surface area contributed by atoms with Gasteiger partial charge in [-0.15, -0.1) is 0 Å². The number of carbonyl (C=O) groups excluding carboxylic acids is 2. The zero-order chi connectivity index (χ0) is 22.6. The van der Waals surface area contributed by atoms with E-state index < -0.39 is 27.2 Å². The van der Waals surface area contributed by atoms with E-state index in [0.29, 0.717) is 18.8 Å². The fourth-order valence-electron chi connectivity index (χ4n) is 3.32. The number of amides is 1. The van der Waals surface area contributed by atoms with Crippen LogP contribution >= 0.6 is 0 Å². The Bertz CT molecular complexity index is 848. The number of nitro benzene ring substituents is 2. The monoisotopic (exact) mass is 422 g/mol. The summed E-state index contributed by atoms with van der Waals surface area (Å²) < 4.78 is 4.69. The summed E-state index contributed by atoms with van der Waals surface area (Å²) >= 11 is 0. The minimum absolute atomic E-state index is 0.0214. The second kappa shape index (κ2) is 9.51. The quantitative estimate of drug-likeness (QED) is 0.401. The highest BCUT2D eigenvalue weighted by molar-refractivity contribution is 5.99. The van der Waals surface area contributed by atoms with Crippen LogP contribution in [-0.2, 0) is 9.53 Å². The van der Waals surface area contributed by atoms with Crippen LogP contribution in [0.3, 0.4) is 0 Å². The largest absolute Gasteiger partial charge is 0.465 e. The van der Waals surface area contributed by atoms with Gasteiger partial charge in [-0.05, 0) is 25.7 Å². The van der Waals surface area contributed by atoms with Gasteiger partial charge in [0.1, 0.15) is 5.69 Å². The number of nitro groups is 2. The SMILES string of the molecule is COC(=O)c1cc([N+](=O)[O-])cc([N+](=O)[O-])c1N1CCC(C(=O)NC(C)C(C)C)CC1. The lowest BCUT2D eigenvalue weighted by atomic mass is 9.93. The molecule has 0 radical (unpaired) electrons. The van der Waals surface area contributed by atoms with Crippen molar-refractivity contribution in [2.75, 3.05) is 25.1 Å². The smallest absolute Gasteiger partial charge is 0.340 e. The zero-order valence-corrected chi connectivity index (χ0v) is 17.4. The molecule has 1 fully saturated rings. The van der Waals surface area contributed by atoms with E-state index in [0.717, 1.165) is 19.2 Å². The molecule has 1 aromatic carbocycles. The average molecular weight is 422 g/mol. The summed E-state index contributed by atoms with van der Waals surface area (Å²) in [5, 5.41) is 25.7. The molecule has 1 amide bonds. The maximum absolute atomic E-state index is 12.5. The van der Waals surface area contributed by atoms with Crippen LogP contribution in [0.15, 0.2) is 12.1 Å². The molecule has 1 aliphatic heterocycles. The fourth-order valence-corrected chi connectivity index (χ4v) is 3.32. The Morgan fingerprint density at radius 2 is 1.73 bits per heavy atom. The first-order valence-electron chi connectivity index (χ1n) is 9.67. The Morgan fingerprint density at radius 3 is 2.20 bits per heavy atom. The fraction of sp³-hybridized carbons (Fsp3) is 0.579. The normalized spacial score (nSPS) is 15.6. The van der Waals surface area contributed by atoms with Crippen molar-refractivity contribution < 1.29 is 24.2 Å². The van der Waals surface area contributed by atoms with Crippen LogP contribution in [0.5, 0.6) is 0 Å². The van der Waals surface area contributed by atoms with E-state index in [1.54, 1.807) is 4.90 Å². The number of non-ortho nitro benzene ring substituents is 1. The molecule has 1 saturated heterocycles. The molecule has 1 heterocycles. The maximum atomic E-state index is 12.5. The number of benzene rings is 1. The van der Waals surface area contributed by atoms with E-state index in [4.69, 9.17) is 0 Å². The van der Waals surface area contributed by atoms with Crippen LogP contribution in [0.2, 0.25) is 0 Å². The molecule has 1 N–H and O–H groups in total. The Balaban J connectivity index is 2.31. The molecule has 2 rings (SSSR count). The topological polar surface area (TPSA) is 145 Å². The Morgan fingerprint density at radius 1 is 1.13 bits per heavy atom. The molecule has 1 aliphatic rings. The van der Waals surface area contributed by atoms with Gasteiger partial charge in [0.15, 0.2) is 0 Å². The van der Waals surface area contributed by atoms with E-state index >= 15 is 0 Å². The van der Waals surface area contributed by atoms with Gasteiger partial charge in [0.2, 0.25) is 5.91 Å². The highest BCUT2D eigenvalue weighted by Gasteiger charge is 2.34. The van der Waals surface area contributed by atoms with E-state index in [1.165, 1.54) is 0 Å². The van der Waals surface area contributed by atoms with Crippen LogP contribution in [0, 0.1) is 32.1 Å². The lowest BCUT2D eigenvalue weighted by molar-refractivity contribution is -0.393. The van der Waals surface area contributed by atoms with Crippen molar-refractivity contribution in [3.63, 3.8) is 0 Å². The highest BCUT2D eigenvalue weighted by Crippen LogP contribution is 2.38. The standard InChI is InChI=1S/C19H26N4O7/c1-11(2)12(3)20-18(24)13-5-7-21(8-6-13)17-15(19(25)30-4)9-14(22(26)27)10-16(17)23(28)29/h9-13H,5-8H2,1-4H3,(H,20,24). The number of hydrogen-bond acceptors (Lipinski definition) is 8. The molecule has 1 aromatic rings. The Labute approximate surface area is 173 Å². The first kappa shape index (κ1) is 23.0. The van der Waals surface area contributed by atoms with Crippen LogP contribution < -0.4 is 10.2 Å². The molecule has 1 atom stereocenters.